The van der Waals surface area contributed by atoms with Gasteiger partial charge in [-0.05, 0) is 29.8 Å². The number of hydrogen-bond acceptors (Lipinski definition) is 3. The summed E-state index contributed by atoms with van der Waals surface area (Å²) in [7, 11) is 0. The summed E-state index contributed by atoms with van der Waals surface area (Å²) in [6.07, 6.45) is 1.82. The van der Waals surface area contributed by atoms with Crippen molar-refractivity contribution in [2.45, 2.75) is 6.54 Å². The fraction of sp³-hybridized carbons (Fsp3) is 0.0625. The van der Waals surface area contributed by atoms with Crippen molar-refractivity contribution in [1.82, 2.24) is 4.98 Å². The second-order valence-corrected chi connectivity index (χ2v) is 6.72. The third-order valence-electron chi connectivity index (χ3n) is 3.04. The molecule has 0 unspecified atom stereocenters. The van der Waals surface area contributed by atoms with Crippen molar-refractivity contribution in [2.75, 3.05) is 5.32 Å². The first-order valence-corrected chi connectivity index (χ1v) is 8.45. The Balaban J connectivity index is 1.75. The molecule has 1 N–H and O–H groups in total. The number of hydrogen-bond donors (Lipinski definition) is 1. The van der Waals surface area contributed by atoms with Crippen molar-refractivity contribution < 1.29 is 0 Å². The summed E-state index contributed by atoms with van der Waals surface area (Å²) in [5.74, 6) is 0. The Morgan fingerprint density at radius 1 is 1.19 bits per heavy atom. The molecular formula is C16H12BrClN2S. The van der Waals surface area contributed by atoms with Gasteiger partial charge in [0.25, 0.3) is 0 Å². The van der Waals surface area contributed by atoms with Gasteiger partial charge in [-0.3, -0.25) is 0 Å². The summed E-state index contributed by atoms with van der Waals surface area (Å²) in [6, 6.07) is 14.2. The van der Waals surface area contributed by atoms with Crippen molar-refractivity contribution in [3.8, 4) is 10.6 Å². The highest BCUT2D eigenvalue weighted by Gasteiger charge is 2.03. The second kappa shape index (κ2) is 6.60. The SMILES string of the molecule is Clc1cc(Br)ccc1CNc1cccc(-c2nccs2)c1. The molecule has 0 atom stereocenters. The minimum atomic E-state index is 0.688. The Bertz CT molecular complexity index is 744. The van der Waals surface area contributed by atoms with Crippen LogP contribution in [0.25, 0.3) is 10.6 Å². The summed E-state index contributed by atoms with van der Waals surface area (Å²) in [4.78, 5) is 4.33. The van der Waals surface area contributed by atoms with Crippen molar-refractivity contribution in [3.05, 3.63) is 69.1 Å². The maximum Gasteiger partial charge on any atom is 0.123 e. The molecule has 0 amide bonds. The smallest absolute Gasteiger partial charge is 0.123 e. The van der Waals surface area contributed by atoms with Gasteiger partial charge in [-0.25, -0.2) is 4.98 Å². The minimum Gasteiger partial charge on any atom is -0.381 e. The second-order valence-electron chi connectivity index (χ2n) is 4.51. The molecule has 0 bridgehead atoms. The maximum absolute atomic E-state index is 6.23. The van der Waals surface area contributed by atoms with Crippen LogP contribution in [0.15, 0.2) is 58.5 Å². The summed E-state index contributed by atoms with van der Waals surface area (Å²) >= 11 is 11.3. The van der Waals surface area contributed by atoms with Crippen LogP contribution in [0.4, 0.5) is 5.69 Å². The molecule has 5 heteroatoms. The van der Waals surface area contributed by atoms with E-state index in [1.54, 1.807) is 11.3 Å². The number of halogens is 2. The number of nitrogens with zero attached hydrogens (tertiary/aromatic N) is 1. The normalized spacial score (nSPS) is 10.6. The first-order valence-electron chi connectivity index (χ1n) is 6.40. The largest absolute Gasteiger partial charge is 0.381 e. The van der Waals surface area contributed by atoms with Crippen molar-refractivity contribution in [3.63, 3.8) is 0 Å². The van der Waals surface area contributed by atoms with Crippen LogP contribution < -0.4 is 5.32 Å². The Hall–Kier alpha value is -1.36. The van der Waals surface area contributed by atoms with E-state index in [-0.39, 0.29) is 0 Å². The fourth-order valence-electron chi connectivity index (χ4n) is 1.99. The van der Waals surface area contributed by atoms with Crippen LogP contribution in [0.5, 0.6) is 0 Å². The van der Waals surface area contributed by atoms with Gasteiger partial charge in [0.05, 0.1) is 0 Å². The molecule has 1 heterocycles. The molecule has 3 aromatic rings. The van der Waals surface area contributed by atoms with Gasteiger partial charge in [0.15, 0.2) is 0 Å². The lowest BCUT2D eigenvalue weighted by Crippen LogP contribution is -2.00. The summed E-state index contributed by atoms with van der Waals surface area (Å²) < 4.78 is 0.988. The molecule has 0 aliphatic heterocycles. The number of benzene rings is 2. The molecule has 0 aliphatic carbocycles. The summed E-state index contributed by atoms with van der Waals surface area (Å²) in [5, 5.41) is 7.17. The van der Waals surface area contributed by atoms with Crippen LogP contribution in [0.1, 0.15) is 5.56 Å². The van der Waals surface area contributed by atoms with E-state index in [0.717, 1.165) is 31.3 Å². The average Bonchev–Trinajstić information content (AvgIpc) is 3.01. The molecule has 106 valence electrons. The zero-order valence-electron chi connectivity index (χ0n) is 11.0. The quantitative estimate of drug-likeness (QED) is 0.616. The minimum absolute atomic E-state index is 0.688. The molecule has 2 nitrogen and oxygen atoms in total. The average molecular weight is 380 g/mol. The molecule has 0 spiro atoms. The number of thiazole rings is 1. The molecule has 0 fully saturated rings. The third-order valence-corrected chi connectivity index (χ3v) is 4.71. The maximum atomic E-state index is 6.23. The van der Waals surface area contributed by atoms with E-state index >= 15 is 0 Å². The molecule has 3 rings (SSSR count). The van der Waals surface area contributed by atoms with Crippen LogP contribution in [-0.4, -0.2) is 4.98 Å². The van der Waals surface area contributed by atoms with E-state index in [2.05, 4.69) is 38.4 Å². The van der Waals surface area contributed by atoms with Gasteiger partial charge in [-0.1, -0.05) is 45.7 Å². The molecule has 21 heavy (non-hydrogen) atoms. The van der Waals surface area contributed by atoms with Crippen molar-refractivity contribution in [1.29, 1.82) is 0 Å². The molecule has 0 saturated heterocycles. The van der Waals surface area contributed by atoms with E-state index in [0.29, 0.717) is 6.54 Å². The molecule has 1 aromatic heterocycles. The first kappa shape index (κ1) is 14.6. The predicted molar refractivity (Wildman–Crippen MR) is 94.0 cm³/mol. The Morgan fingerprint density at radius 3 is 2.86 bits per heavy atom. The topological polar surface area (TPSA) is 24.9 Å². The Labute approximate surface area is 140 Å². The Morgan fingerprint density at radius 2 is 2.10 bits per heavy atom. The molecule has 0 aliphatic rings. The van der Waals surface area contributed by atoms with Gasteiger partial charge >= 0.3 is 0 Å². The van der Waals surface area contributed by atoms with Gasteiger partial charge in [-0.15, -0.1) is 11.3 Å². The number of aromatic nitrogens is 1. The molecular weight excluding hydrogens is 368 g/mol. The third kappa shape index (κ3) is 3.64. The summed E-state index contributed by atoms with van der Waals surface area (Å²) in [5.41, 5.74) is 3.25. The number of rotatable bonds is 4. The number of anilines is 1. The lowest BCUT2D eigenvalue weighted by Gasteiger charge is -2.09. The van der Waals surface area contributed by atoms with Crippen LogP contribution in [0.2, 0.25) is 5.02 Å². The fourth-order valence-corrected chi connectivity index (χ4v) is 3.37. The molecule has 0 saturated carbocycles. The van der Waals surface area contributed by atoms with E-state index in [9.17, 15) is 0 Å². The highest BCUT2D eigenvalue weighted by atomic mass is 79.9. The van der Waals surface area contributed by atoms with E-state index < -0.39 is 0 Å². The van der Waals surface area contributed by atoms with Crippen molar-refractivity contribution >= 4 is 44.6 Å². The van der Waals surface area contributed by atoms with E-state index in [1.165, 1.54) is 0 Å². The predicted octanol–water partition coefficient (Wildman–Crippen LogP) is 5.84. The standard InChI is InChI=1S/C16H12BrClN2S/c17-13-5-4-12(15(18)9-13)10-20-14-3-1-2-11(8-14)16-19-6-7-21-16/h1-9,20H,10H2. The number of nitrogens with one attached hydrogen (secondary N) is 1. The zero-order valence-corrected chi connectivity index (χ0v) is 14.2. The molecule has 2 aromatic carbocycles. The highest BCUT2D eigenvalue weighted by Crippen LogP contribution is 2.26. The summed E-state index contributed by atoms with van der Waals surface area (Å²) in [6.45, 7) is 0.688. The molecule has 0 radical (unpaired) electrons. The first-order chi connectivity index (χ1) is 10.2. The van der Waals surface area contributed by atoms with Gasteiger partial charge in [0.2, 0.25) is 0 Å². The monoisotopic (exact) mass is 378 g/mol. The van der Waals surface area contributed by atoms with Gasteiger partial charge in [0, 0.05) is 38.9 Å². The van der Waals surface area contributed by atoms with Crippen LogP contribution >= 0.6 is 38.9 Å². The van der Waals surface area contributed by atoms with Gasteiger partial charge in [0.1, 0.15) is 5.01 Å². The zero-order chi connectivity index (χ0) is 14.7. The lowest BCUT2D eigenvalue weighted by molar-refractivity contribution is 1.15. The van der Waals surface area contributed by atoms with Crippen LogP contribution in [-0.2, 0) is 6.54 Å². The highest BCUT2D eigenvalue weighted by molar-refractivity contribution is 9.10. The van der Waals surface area contributed by atoms with E-state index in [4.69, 9.17) is 11.6 Å². The van der Waals surface area contributed by atoms with Gasteiger partial charge < -0.3 is 5.32 Å². The van der Waals surface area contributed by atoms with Gasteiger partial charge in [-0.2, -0.15) is 0 Å². The van der Waals surface area contributed by atoms with Crippen LogP contribution in [0.3, 0.4) is 0 Å². The van der Waals surface area contributed by atoms with Crippen LogP contribution in [0, 0.1) is 0 Å². The Kier molecular flexibility index (Phi) is 4.58. The van der Waals surface area contributed by atoms with Crippen molar-refractivity contribution in [2.24, 2.45) is 0 Å². The van der Waals surface area contributed by atoms with E-state index in [1.807, 2.05) is 41.9 Å². The lowest BCUT2D eigenvalue weighted by atomic mass is 10.2.